The molecule has 0 spiro atoms. The zero-order chi connectivity index (χ0) is 28.5. The molecule has 0 N–H and O–H groups in total. The first-order valence-electron chi connectivity index (χ1n) is 14.2. The predicted molar refractivity (Wildman–Crippen MR) is 174 cm³/mol. The molecule has 1 aliphatic rings. The maximum absolute atomic E-state index is 4.93. The molecule has 1 aliphatic heterocycles. The molecule has 0 aromatic heterocycles. The maximum atomic E-state index is 4.93. The van der Waals surface area contributed by atoms with Crippen LogP contribution in [0, 0.1) is 6.07 Å². The van der Waals surface area contributed by atoms with Gasteiger partial charge >= 0.3 is 37.9 Å². The summed E-state index contributed by atoms with van der Waals surface area (Å²) >= 11 is -0.826. The summed E-state index contributed by atoms with van der Waals surface area (Å²) in [7, 11) is 10.7. The molecule has 5 aromatic carbocycles. The molecule has 4 heteroatoms. The number of hydrogen-bond donors (Lipinski definition) is 0. The Morgan fingerprint density at radius 2 is 1.57 bits per heavy atom. The van der Waals surface area contributed by atoms with Crippen LogP contribution in [-0.2, 0) is 33.7 Å². The molecule has 40 heavy (non-hydrogen) atoms. The van der Waals surface area contributed by atoms with Crippen molar-refractivity contribution in [1.82, 2.24) is 0 Å². The van der Waals surface area contributed by atoms with Crippen molar-refractivity contribution in [1.29, 1.82) is 0 Å². The fraction of sp³-hybridized carbons (Fsp3) is 0.250. The third kappa shape index (κ3) is 7.32. The Balaban J connectivity index is 0.000000192. The number of halogens is 2. The predicted octanol–water partition coefficient (Wildman–Crippen LogP) is 9.75. The van der Waals surface area contributed by atoms with E-state index in [0.717, 1.165) is 15.9 Å². The third-order valence-corrected chi connectivity index (χ3v) is 8.79. The zero-order valence-electron chi connectivity index (χ0n) is 23.8. The Morgan fingerprint density at radius 1 is 0.875 bits per heavy atom. The van der Waals surface area contributed by atoms with Crippen molar-refractivity contribution in [3.63, 3.8) is 0 Å². The number of rotatable bonds is 6. The van der Waals surface area contributed by atoms with E-state index < -0.39 is 20.8 Å². The van der Waals surface area contributed by atoms with Gasteiger partial charge in [0.15, 0.2) is 0 Å². The minimum absolute atomic E-state index is 0.538. The van der Waals surface area contributed by atoms with Crippen molar-refractivity contribution in [3.8, 4) is 22.3 Å². The van der Waals surface area contributed by atoms with Crippen molar-refractivity contribution in [3.05, 3.63) is 114 Å². The SMILES string of the molecule is CCCCc1cc2c(-c3ccccc3C(C)C)c(CC)ccc2[cH-]1.[Cl][Zr+2][Cl].[c-]1cccc2c1[Si]c1ccccc1-2. The monoisotopic (exact) mass is 656 g/mol. The molecular weight excluding hydrogens is 623 g/mol. The van der Waals surface area contributed by atoms with E-state index in [0.29, 0.717) is 5.92 Å². The maximum Gasteiger partial charge on any atom is 0.0920 e. The van der Waals surface area contributed by atoms with Crippen LogP contribution in [0.3, 0.4) is 0 Å². The van der Waals surface area contributed by atoms with Gasteiger partial charge in [-0.2, -0.15) is 35.5 Å². The molecule has 1 heterocycles. The van der Waals surface area contributed by atoms with E-state index in [1.807, 2.05) is 6.07 Å². The van der Waals surface area contributed by atoms with Gasteiger partial charge in [0.2, 0.25) is 0 Å². The average molecular weight is 659 g/mol. The Bertz CT molecular complexity index is 1490. The van der Waals surface area contributed by atoms with E-state index in [9.17, 15) is 0 Å². The summed E-state index contributed by atoms with van der Waals surface area (Å²) in [6, 6.07) is 36.6. The quantitative estimate of drug-likeness (QED) is 0.124. The van der Waals surface area contributed by atoms with Gasteiger partial charge in [0.25, 0.3) is 0 Å². The minimum Gasteiger partial charge on any atom is -0.184 e. The molecular formula is C36H36Cl2SiZr. The molecule has 0 bridgehead atoms. The average Bonchev–Trinajstić information content (AvgIpc) is 3.57. The molecule has 2 radical (unpaired) electrons. The largest absolute Gasteiger partial charge is 0.184 e. The molecule has 0 unspecified atom stereocenters. The minimum atomic E-state index is -0.826. The van der Waals surface area contributed by atoms with Crippen LogP contribution in [0.15, 0.2) is 91.0 Å². The summed E-state index contributed by atoms with van der Waals surface area (Å²) in [5, 5.41) is 5.66. The summed E-state index contributed by atoms with van der Waals surface area (Å²) in [6.45, 7) is 9.12. The van der Waals surface area contributed by atoms with Crippen LogP contribution in [0.25, 0.3) is 33.0 Å². The van der Waals surface area contributed by atoms with Crippen LogP contribution >= 0.6 is 17.0 Å². The van der Waals surface area contributed by atoms with Gasteiger partial charge in [0.1, 0.15) is 0 Å². The van der Waals surface area contributed by atoms with Gasteiger partial charge in [0.05, 0.1) is 9.52 Å². The van der Waals surface area contributed by atoms with Crippen LogP contribution < -0.4 is 10.4 Å². The number of aryl methyl sites for hydroxylation is 2. The zero-order valence-corrected chi connectivity index (χ0v) is 28.8. The van der Waals surface area contributed by atoms with Crippen molar-refractivity contribution in [2.75, 3.05) is 0 Å². The van der Waals surface area contributed by atoms with Gasteiger partial charge in [-0.15, -0.1) is 40.1 Å². The van der Waals surface area contributed by atoms with Gasteiger partial charge in [-0.25, -0.2) is 0 Å². The fourth-order valence-electron chi connectivity index (χ4n) is 5.48. The number of unbranched alkanes of at least 4 members (excludes halogenated alkanes) is 1. The van der Waals surface area contributed by atoms with E-state index in [2.05, 4.69) is 119 Å². The van der Waals surface area contributed by atoms with Crippen molar-refractivity contribution in [2.24, 2.45) is 0 Å². The van der Waals surface area contributed by atoms with Gasteiger partial charge in [0, 0.05) is 0 Å². The first-order valence-corrected chi connectivity index (χ1v) is 21.5. The summed E-state index contributed by atoms with van der Waals surface area (Å²) < 4.78 is 0. The molecule has 5 aromatic rings. The van der Waals surface area contributed by atoms with E-state index >= 15 is 0 Å². The van der Waals surface area contributed by atoms with Crippen molar-refractivity contribution < 1.29 is 20.8 Å². The number of fused-ring (bicyclic) bond motifs is 4. The summed E-state index contributed by atoms with van der Waals surface area (Å²) in [4.78, 5) is 0. The van der Waals surface area contributed by atoms with Gasteiger partial charge < -0.3 is 0 Å². The van der Waals surface area contributed by atoms with E-state index in [1.165, 1.54) is 79.4 Å². The summed E-state index contributed by atoms with van der Waals surface area (Å²) in [5.74, 6) is 0.538. The topological polar surface area (TPSA) is 0 Å². The van der Waals surface area contributed by atoms with Gasteiger partial charge in [-0.3, -0.25) is 0 Å². The van der Waals surface area contributed by atoms with Crippen molar-refractivity contribution in [2.45, 2.75) is 59.3 Å². The van der Waals surface area contributed by atoms with E-state index in [4.69, 9.17) is 17.0 Å². The molecule has 0 fully saturated rings. The second-order valence-corrected chi connectivity index (χ2v) is 15.4. The van der Waals surface area contributed by atoms with Crippen molar-refractivity contribution >= 4 is 47.7 Å². The van der Waals surface area contributed by atoms with Crippen LogP contribution in [-0.4, -0.2) is 9.52 Å². The first kappa shape index (κ1) is 31.1. The van der Waals surface area contributed by atoms with Crippen LogP contribution in [0.2, 0.25) is 0 Å². The molecule has 6 rings (SSSR count). The molecule has 202 valence electrons. The Kier molecular flexibility index (Phi) is 12.0. The fourth-order valence-corrected chi connectivity index (χ4v) is 6.79. The molecule has 0 saturated heterocycles. The van der Waals surface area contributed by atoms with Crippen LogP contribution in [0.4, 0.5) is 0 Å². The van der Waals surface area contributed by atoms with E-state index in [-0.39, 0.29) is 0 Å². The molecule has 0 amide bonds. The van der Waals surface area contributed by atoms with E-state index in [1.54, 1.807) is 0 Å². The second-order valence-electron chi connectivity index (χ2n) is 10.4. The number of hydrogen-bond acceptors (Lipinski definition) is 0. The molecule has 0 saturated carbocycles. The third-order valence-electron chi connectivity index (χ3n) is 7.42. The van der Waals surface area contributed by atoms with Crippen LogP contribution in [0.5, 0.6) is 0 Å². The second kappa shape index (κ2) is 15.4. The van der Waals surface area contributed by atoms with Gasteiger partial charge in [-0.05, 0) is 29.9 Å². The normalized spacial score (nSPS) is 11.2. The summed E-state index contributed by atoms with van der Waals surface area (Å²) in [6.07, 6.45) is 4.80. The smallest absolute Gasteiger partial charge is 0.0920 e. The van der Waals surface area contributed by atoms with Crippen LogP contribution in [0.1, 0.15) is 63.1 Å². The Hall–Kier alpha value is -1.83. The standard InChI is InChI=1S/C24H29.C12H7Si.2ClH.Zr/c1-5-7-10-18-15-20-14-13-19(6-2)24(23(20)16-18)22-12-9-8-11-21(22)17(3)4;1-3-7-11-9(5-1)10-6-2-4-8-12(10)13-11;;;/h8-9,11-17H,5-7,10H2,1-4H3;1-7H;2*1H;/q2*-1;;;+4/p-2. The molecule has 0 aliphatic carbocycles. The number of benzene rings is 4. The molecule has 0 nitrogen and oxygen atoms in total. The first-order chi connectivity index (χ1) is 19.5. The Labute approximate surface area is 262 Å². The molecule has 0 atom stereocenters. The Morgan fingerprint density at radius 3 is 2.30 bits per heavy atom. The van der Waals surface area contributed by atoms with Gasteiger partial charge in [-0.1, -0.05) is 111 Å². The summed E-state index contributed by atoms with van der Waals surface area (Å²) in [5.41, 5.74) is 10.1.